The van der Waals surface area contributed by atoms with Crippen molar-refractivity contribution in [2.45, 2.75) is 13.8 Å². The van der Waals surface area contributed by atoms with Crippen molar-refractivity contribution in [1.29, 1.82) is 0 Å². The minimum atomic E-state index is -0.455. The van der Waals surface area contributed by atoms with Crippen molar-refractivity contribution in [2.75, 3.05) is 25.2 Å². The summed E-state index contributed by atoms with van der Waals surface area (Å²) in [5, 5.41) is 4.59. The Kier molecular flexibility index (Phi) is 7.76. The highest BCUT2D eigenvalue weighted by Crippen LogP contribution is 2.33. The molecule has 0 fully saturated rings. The van der Waals surface area contributed by atoms with Crippen LogP contribution in [0.15, 0.2) is 47.6 Å². The number of anilines is 1. The Bertz CT molecular complexity index is 751. The van der Waals surface area contributed by atoms with Gasteiger partial charge in [0.15, 0.2) is 18.1 Å². The van der Waals surface area contributed by atoms with Crippen molar-refractivity contribution in [3.8, 4) is 11.5 Å². The Labute approximate surface area is 157 Å². The Hall–Kier alpha value is -2.73. The van der Waals surface area contributed by atoms with Crippen molar-refractivity contribution in [1.82, 2.24) is 0 Å². The number of para-hydroxylation sites is 1. The molecule has 0 aliphatic carbocycles. The number of hydrazone groups is 1. The summed E-state index contributed by atoms with van der Waals surface area (Å²) in [4.78, 5) is 11.5. The zero-order valence-corrected chi connectivity index (χ0v) is 15.5. The third-order valence-corrected chi connectivity index (χ3v) is 3.51. The van der Waals surface area contributed by atoms with Gasteiger partial charge in [-0.3, -0.25) is 5.43 Å². The number of esters is 1. The fourth-order valence-corrected chi connectivity index (χ4v) is 2.26. The van der Waals surface area contributed by atoms with Crippen LogP contribution >= 0.6 is 11.6 Å². The molecular weight excluding hydrogens is 356 g/mol. The summed E-state index contributed by atoms with van der Waals surface area (Å²) in [5.74, 6) is 0.393. The molecule has 0 aromatic heterocycles. The van der Waals surface area contributed by atoms with Crippen LogP contribution < -0.4 is 14.9 Å². The highest BCUT2D eigenvalue weighted by atomic mass is 35.5. The molecule has 0 radical (unpaired) electrons. The number of ether oxygens (including phenoxy) is 3. The van der Waals surface area contributed by atoms with Gasteiger partial charge in [-0.25, -0.2) is 4.79 Å². The van der Waals surface area contributed by atoms with E-state index in [0.29, 0.717) is 35.3 Å². The minimum absolute atomic E-state index is 0.215. The molecule has 0 aliphatic rings. The SMILES string of the molecule is CCOC(=O)COc1cc(Cl)c(C=NNc2ccccc2)cc1OCC. The predicted molar refractivity (Wildman–Crippen MR) is 102 cm³/mol. The second kappa shape index (κ2) is 10.3. The molecule has 0 spiro atoms. The van der Waals surface area contributed by atoms with E-state index >= 15 is 0 Å². The van der Waals surface area contributed by atoms with E-state index < -0.39 is 5.97 Å². The van der Waals surface area contributed by atoms with E-state index in [-0.39, 0.29) is 6.61 Å². The molecule has 0 bridgehead atoms. The third kappa shape index (κ3) is 5.97. The molecule has 138 valence electrons. The molecule has 0 saturated heterocycles. The number of nitrogens with one attached hydrogen (secondary N) is 1. The maximum absolute atomic E-state index is 11.5. The first-order chi connectivity index (χ1) is 12.6. The zero-order valence-electron chi connectivity index (χ0n) is 14.7. The average Bonchev–Trinajstić information content (AvgIpc) is 2.64. The lowest BCUT2D eigenvalue weighted by molar-refractivity contribution is -0.145. The lowest BCUT2D eigenvalue weighted by Gasteiger charge is -2.13. The number of nitrogens with zero attached hydrogens (tertiary/aromatic N) is 1. The van der Waals surface area contributed by atoms with Crippen LogP contribution in [0.3, 0.4) is 0 Å². The number of hydrogen-bond donors (Lipinski definition) is 1. The van der Waals surface area contributed by atoms with Crippen molar-refractivity contribution in [3.63, 3.8) is 0 Å². The maximum Gasteiger partial charge on any atom is 0.344 e. The molecule has 0 aliphatic heterocycles. The molecule has 7 heteroatoms. The topological polar surface area (TPSA) is 69.2 Å². The predicted octanol–water partition coefficient (Wildman–Crippen LogP) is 4.13. The van der Waals surface area contributed by atoms with Crippen molar-refractivity contribution in [2.24, 2.45) is 5.10 Å². The van der Waals surface area contributed by atoms with Crippen LogP contribution in [0.25, 0.3) is 0 Å². The van der Waals surface area contributed by atoms with Crippen LogP contribution in [-0.4, -0.2) is 32.0 Å². The highest BCUT2D eigenvalue weighted by molar-refractivity contribution is 6.33. The van der Waals surface area contributed by atoms with Gasteiger partial charge in [-0.2, -0.15) is 5.10 Å². The first kappa shape index (κ1) is 19.6. The Morgan fingerprint density at radius 3 is 2.54 bits per heavy atom. The van der Waals surface area contributed by atoms with Gasteiger partial charge in [0, 0.05) is 11.6 Å². The largest absolute Gasteiger partial charge is 0.490 e. The van der Waals surface area contributed by atoms with Gasteiger partial charge in [-0.15, -0.1) is 0 Å². The van der Waals surface area contributed by atoms with Crippen molar-refractivity contribution >= 4 is 29.5 Å². The Balaban J connectivity index is 2.12. The first-order valence-electron chi connectivity index (χ1n) is 8.23. The quantitative estimate of drug-likeness (QED) is 0.405. The molecular formula is C19H21ClN2O4. The van der Waals surface area contributed by atoms with Crippen LogP contribution in [0.4, 0.5) is 5.69 Å². The van der Waals surface area contributed by atoms with Crippen LogP contribution in [0, 0.1) is 0 Å². The number of hydrogen-bond acceptors (Lipinski definition) is 6. The van der Waals surface area contributed by atoms with Crippen LogP contribution in [-0.2, 0) is 9.53 Å². The summed E-state index contributed by atoms with van der Waals surface area (Å²) in [6.45, 7) is 4.11. The molecule has 26 heavy (non-hydrogen) atoms. The fourth-order valence-electron chi connectivity index (χ4n) is 2.06. The van der Waals surface area contributed by atoms with Crippen LogP contribution in [0.2, 0.25) is 5.02 Å². The lowest BCUT2D eigenvalue weighted by atomic mass is 10.2. The van der Waals surface area contributed by atoms with E-state index in [1.807, 2.05) is 37.3 Å². The van der Waals surface area contributed by atoms with E-state index in [1.165, 1.54) is 0 Å². The van der Waals surface area contributed by atoms with Crippen LogP contribution in [0.5, 0.6) is 11.5 Å². The molecule has 2 rings (SSSR count). The van der Waals surface area contributed by atoms with Gasteiger partial charge >= 0.3 is 5.97 Å². The lowest BCUT2D eigenvalue weighted by Crippen LogP contribution is -2.15. The Morgan fingerprint density at radius 2 is 1.85 bits per heavy atom. The van der Waals surface area contributed by atoms with E-state index in [2.05, 4.69) is 10.5 Å². The van der Waals surface area contributed by atoms with E-state index in [9.17, 15) is 4.79 Å². The molecule has 6 nitrogen and oxygen atoms in total. The molecule has 0 amide bonds. The Morgan fingerprint density at radius 1 is 1.12 bits per heavy atom. The summed E-state index contributed by atoms with van der Waals surface area (Å²) in [5.41, 5.74) is 4.43. The van der Waals surface area contributed by atoms with Gasteiger partial charge < -0.3 is 14.2 Å². The standard InChI is InChI=1S/C19H21ClN2O4/c1-3-24-17-10-14(12-21-22-15-8-6-5-7-9-15)16(20)11-18(17)26-13-19(23)25-4-2/h5-12,22H,3-4,13H2,1-2H3. The smallest absolute Gasteiger partial charge is 0.344 e. The van der Waals surface area contributed by atoms with E-state index in [1.54, 1.807) is 25.3 Å². The summed E-state index contributed by atoms with van der Waals surface area (Å²) >= 11 is 6.29. The van der Waals surface area contributed by atoms with E-state index in [4.69, 9.17) is 25.8 Å². The number of carbonyl (C=O) groups excluding carboxylic acids is 1. The molecule has 0 heterocycles. The summed E-state index contributed by atoms with van der Waals surface area (Å²) in [6.07, 6.45) is 1.59. The molecule has 1 N–H and O–H groups in total. The molecule has 2 aromatic carbocycles. The van der Waals surface area contributed by atoms with Crippen LogP contribution in [0.1, 0.15) is 19.4 Å². The number of rotatable bonds is 9. The fraction of sp³-hybridized carbons (Fsp3) is 0.263. The monoisotopic (exact) mass is 376 g/mol. The second-order valence-electron chi connectivity index (χ2n) is 5.08. The first-order valence-corrected chi connectivity index (χ1v) is 8.60. The average molecular weight is 377 g/mol. The van der Waals surface area contributed by atoms with E-state index in [0.717, 1.165) is 5.69 Å². The maximum atomic E-state index is 11.5. The normalized spacial score (nSPS) is 10.6. The highest BCUT2D eigenvalue weighted by Gasteiger charge is 2.12. The molecule has 0 unspecified atom stereocenters. The minimum Gasteiger partial charge on any atom is -0.490 e. The molecule has 0 atom stereocenters. The van der Waals surface area contributed by atoms with Gasteiger partial charge in [0.2, 0.25) is 0 Å². The van der Waals surface area contributed by atoms with Gasteiger partial charge in [-0.05, 0) is 32.0 Å². The van der Waals surface area contributed by atoms with Crippen molar-refractivity contribution in [3.05, 3.63) is 53.1 Å². The van der Waals surface area contributed by atoms with Gasteiger partial charge in [0.05, 0.1) is 30.1 Å². The number of halogens is 1. The van der Waals surface area contributed by atoms with Gasteiger partial charge in [0.1, 0.15) is 0 Å². The zero-order chi connectivity index (χ0) is 18.8. The number of benzene rings is 2. The summed E-state index contributed by atoms with van der Waals surface area (Å²) in [7, 11) is 0. The summed E-state index contributed by atoms with van der Waals surface area (Å²) in [6, 6.07) is 12.8. The molecule has 0 saturated carbocycles. The van der Waals surface area contributed by atoms with Gasteiger partial charge in [-0.1, -0.05) is 29.8 Å². The second-order valence-corrected chi connectivity index (χ2v) is 5.49. The summed E-state index contributed by atoms with van der Waals surface area (Å²) < 4.78 is 15.9. The van der Waals surface area contributed by atoms with Crippen molar-refractivity contribution < 1.29 is 19.0 Å². The third-order valence-electron chi connectivity index (χ3n) is 3.18. The number of carbonyl (C=O) groups is 1. The van der Waals surface area contributed by atoms with Gasteiger partial charge in [0.25, 0.3) is 0 Å². The molecule has 2 aromatic rings.